The molecule has 1 unspecified atom stereocenters. The van der Waals surface area contributed by atoms with Gasteiger partial charge in [-0.2, -0.15) is 0 Å². The molecule has 0 bridgehead atoms. The first-order chi connectivity index (χ1) is 23.8. The molecule has 1 fully saturated rings. The lowest BCUT2D eigenvalue weighted by Gasteiger charge is -2.38. The van der Waals surface area contributed by atoms with Gasteiger partial charge >= 0.3 is 5.97 Å². The SMILES string of the molecule is CC(C)C[C@@H](NC(=O)C(Cc1ccccc1)NC(=O)[C@H](N)Cc1ccccc1)C(=O)N[C@H](CCCCCN)C(=O)N1CCC(N)(C(=O)O)CC1. The van der Waals surface area contributed by atoms with Crippen LogP contribution in [0.5, 0.6) is 0 Å². The number of rotatable bonds is 19. The molecule has 274 valence electrons. The van der Waals surface area contributed by atoms with Crippen LogP contribution in [0.4, 0.5) is 0 Å². The summed E-state index contributed by atoms with van der Waals surface area (Å²) in [5.74, 6) is -3.00. The van der Waals surface area contributed by atoms with Crippen LogP contribution in [0.15, 0.2) is 60.7 Å². The summed E-state index contributed by atoms with van der Waals surface area (Å²) in [6.07, 6.45) is 3.43. The van der Waals surface area contributed by atoms with Crippen LogP contribution in [0.25, 0.3) is 0 Å². The van der Waals surface area contributed by atoms with E-state index in [1.807, 2.05) is 74.5 Å². The molecule has 0 radical (unpaired) electrons. The van der Waals surface area contributed by atoms with E-state index in [1.165, 1.54) is 0 Å². The molecule has 0 spiro atoms. The van der Waals surface area contributed by atoms with E-state index in [0.29, 0.717) is 19.4 Å². The fourth-order valence-electron chi connectivity index (χ4n) is 6.03. The van der Waals surface area contributed by atoms with Crippen molar-refractivity contribution in [3.8, 4) is 0 Å². The van der Waals surface area contributed by atoms with Gasteiger partial charge < -0.3 is 43.2 Å². The third kappa shape index (κ3) is 12.5. The lowest BCUT2D eigenvalue weighted by molar-refractivity contribution is -0.148. The predicted octanol–water partition coefficient (Wildman–Crippen LogP) is 1.22. The molecule has 2 aromatic carbocycles. The lowest BCUT2D eigenvalue weighted by atomic mass is 9.88. The molecule has 4 atom stereocenters. The molecule has 1 aliphatic rings. The number of carboxylic acids is 1. The van der Waals surface area contributed by atoms with Crippen LogP contribution in [0, 0.1) is 5.92 Å². The molecule has 1 heterocycles. The van der Waals surface area contributed by atoms with E-state index in [2.05, 4.69) is 16.0 Å². The fraction of sp³-hybridized carbons (Fsp3) is 0.541. The molecule has 1 saturated heterocycles. The highest BCUT2D eigenvalue weighted by Gasteiger charge is 2.40. The van der Waals surface area contributed by atoms with Crippen LogP contribution in [-0.4, -0.2) is 88.9 Å². The maximum absolute atomic E-state index is 13.9. The molecule has 3 rings (SSSR count). The first kappa shape index (κ1) is 40.1. The van der Waals surface area contributed by atoms with Gasteiger partial charge in [-0.25, -0.2) is 0 Å². The van der Waals surface area contributed by atoms with Crippen molar-refractivity contribution < 1.29 is 29.1 Å². The zero-order chi connectivity index (χ0) is 36.7. The minimum atomic E-state index is -1.40. The van der Waals surface area contributed by atoms with Crippen LogP contribution in [0.1, 0.15) is 69.9 Å². The number of hydrogen-bond donors (Lipinski definition) is 7. The number of benzene rings is 2. The van der Waals surface area contributed by atoms with Crippen LogP contribution in [0.3, 0.4) is 0 Å². The predicted molar refractivity (Wildman–Crippen MR) is 191 cm³/mol. The van der Waals surface area contributed by atoms with Crippen molar-refractivity contribution in [3.63, 3.8) is 0 Å². The van der Waals surface area contributed by atoms with Crippen molar-refractivity contribution in [1.29, 1.82) is 0 Å². The van der Waals surface area contributed by atoms with Gasteiger partial charge in [0.25, 0.3) is 0 Å². The van der Waals surface area contributed by atoms with Gasteiger partial charge in [0.15, 0.2) is 0 Å². The number of piperidine rings is 1. The number of unbranched alkanes of at least 4 members (excludes halogenated alkanes) is 2. The van der Waals surface area contributed by atoms with Crippen LogP contribution in [0.2, 0.25) is 0 Å². The van der Waals surface area contributed by atoms with Gasteiger partial charge in [-0.1, -0.05) is 87.4 Å². The monoisotopic (exact) mass is 693 g/mol. The maximum atomic E-state index is 13.9. The van der Waals surface area contributed by atoms with E-state index in [1.54, 1.807) is 4.90 Å². The molecule has 4 amide bonds. The Bertz CT molecular complexity index is 1400. The second-order valence-corrected chi connectivity index (χ2v) is 13.7. The number of carbonyl (C=O) groups is 5. The third-order valence-corrected chi connectivity index (χ3v) is 9.10. The Labute approximate surface area is 295 Å². The average molecular weight is 694 g/mol. The topological polar surface area (TPSA) is 223 Å². The summed E-state index contributed by atoms with van der Waals surface area (Å²) < 4.78 is 0. The standard InChI is InChI=1S/C37H55N7O6/c1-25(2)22-30(33(46)41-29(16-10-5-11-19-38)35(48)44-20-17-37(40,18-21-44)36(49)50)43-34(47)31(24-27-14-8-4-9-15-27)42-32(45)28(39)23-26-12-6-3-7-13-26/h3-4,6-9,12-15,25,28-31H,5,10-11,16-24,38-40H2,1-2H3,(H,41,46)(H,42,45)(H,43,47)(H,49,50)/t28-,29-,30-,31?/m1/s1. The normalized spacial score (nSPS) is 16.5. The van der Waals surface area contributed by atoms with Crippen molar-refractivity contribution in [2.24, 2.45) is 23.1 Å². The van der Waals surface area contributed by atoms with E-state index < -0.39 is 53.4 Å². The number of hydrogen-bond acceptors (Lipinski definition) is 8. The zero-order valence-electron chi connectivity index (χ0n) is 29.3. The van der Waals surface area contributed by atoms with E-state index in [0.717, 1.165) is 24.0 Å². The molecular weight excluding hydrogens is 638 g/mol. The second kappa shape index (κ2) is 19.8. The summed E-state index contributed by atoms with van der Waals surface area (Å²) in [5.41, 5.74) is 18.2. The van der Waals surface area contributed by atoms with Gasteiger partial charge in [0.1, 0.15) is 23.7 Å². The number of aliphatic carboxylic acids is 1. The van der Waals surface area contributed by atoms with Gasteiger partial charge in [0, 0.05) is 19.5 Å². The summed E-state index contributed by atoms with van der Waals surface area (Å²) in [6.45, 7) is 4.64. The summed E-state index contributed by atoms with van der Waals surface area (Å²) in [5, 5.41) is 18.1. The molecule has 10 N–H and O–H groups in total. The van der Waals surface area contributed by atoms with Gasteiger partial charge in [0.2, 0.25) is 23.6 Å². The zero-order valence-corrected chi connectivity index (χ0v) is 29.3. The molecule has 0 aromatic heterocycles. The molecule has 0 aliphatic carbocycles. The highest BCUT2D eigenvalue weighted by Crippen LogP contribution is 2.21. The first-order valence-corrected chi connectivity index (χ1v) is 17.6. The summed E-state index contributed by atoms with van der Waals surface area (Å²) in [4.78, 5) is 68.0. The molecule has 2 aromatic rings. The van der Waals surface area contributed by atoms with Crippen LogP contribution in [-0.2, 0) is 36.8 Å². The minimum Gasteiger partial charge on any atom is -0.480 e. The highest BCUT2D eigenvalue weighted by atomic mass is 16.4. The third-order valence-electron chi connectivity index (χ3n) is 9.10. The number of nitrogens with one attached hydrogen (secondary N) is 3. The number of likely N-dealkylation sites (tertiary alicyclic amines) is 1. The Hall–Kier alpha value is -4.33. The van der Waals surface area contributed by atoms with Crippen molar-refractivity contribution in [2.45, 2.75) is 101 Å². The van der Waals surface area contributed by atoms with Gasteiger partial charge in [-0.15, -0.1) is 0 Å². The Morgan fingerprint density at radius 2 is 1.28 bits per heavy atom. The molecule has 50 heavy (non-hydrogen) atoms. The number of nitrogens with two attached hydrogens (primary N) is 3. The Balaban J connectivity index is 1.77. The van der Waals surface area contributed by atoms with E-state index in [9.17, 15) is 29.1 Å². The first-order valence-electron chi connectivity index (χ1n) is 17.6. The fourth-order valence-corrected chi connectivity index (χ4v) is 6.03. The molecule has 1 aliphatic heterocycles. The maximum Gasteiger partial charge on any atom is 0.323 e. The van der Waals surface area contributed by atoms with E-state index in [-0.39, 0.29) is 57.0 Å². The van der Waals surface area contributed by atoms with E-state index >= 15 is 0 Å². The quantitative estimate of drug-likeness (QED) is 0.105. The number of carboxylic acid groups (broad SMARTS) is 1. The molecule has 0 saturated carbocycles. The average Bonchev–Trinajstić information content (AvgIpc) is 3.09. The number of nitrogens with zero attached hydrogens (tertiary/aromatic N) is 1. The number of amides is 4. The van der Waals surface area contributed by atoms with Crippen molar-refractivity contribution >= 4 is 29.6 Å². The van der Waals surface area contributed by atoms with Gasteiger partial charge in [-0.05, 0) is 62.1 Å². The Morgan fingerprint density at radius 3 is 1.82 bits per heavy atom. The summed E-state index contributed by atoms with van der Waals surface area (Å²) in [6, 6.07) is 14.8. The van der Waals surface area contributed by atoms with Crippen LogP contribution < -0.4 is 33.2 Å². The molecule has 13 nitrogen and oxygen atoms in total. The van der Waals surface area contributed by atoms with Crippen LogP contribution >= 0.6 is 0 Å². The van der Waals surface area contributed by atoms with Gasteiger partial charge in [-0.3, -0.25) is 24.0 Å². The molecular formula is C37H55N7O6. The summed E-state index contributed by atoms with van der Waals surface area (Å²) in [7, 11) is 0. The Morgan fingerprint density at radius 1 is 0.760 bits per heavy atom. The number of carbonyl (C=O) groups excluding carboxylic acids is 4. The van der Waals surface area contributed by atoms with Crippen molar-refractivity contribution in [2.75, 3.05) is 19.6 Å². The highest BCUT2D eigenvalue weighted by molar-refractivity contribution is 5.95. The van der Waals surface area contributed by atoms with Gasteiger partial charge in [0.05, 0.1) is 6.04 Å². The van der Waals surface area contributed by atoms with Crippen molar-refractivity contribution in [3.05, 3.63) is 71.8 Å². The second-order valence-electron chi connectivity index (χ2n) is 13.7. The summed E-state index contributed by atoms with van der Waals surface area (Å²) >= 11 is 0. The molecule has 13 heteroatoms. The Kier molecular flexibility index (Phi) is 15.8. The van der Waals surface area contributed by atoms with Crippen molar-refractivity contribution in [1.82, 2.24) is 20.9 Å². The van der Waals surface area contributed by atoms with E-state index in [4.69, 9.17) is 17.2 Å². The smallest absolute Gasteiger partial charge is 0.323 e. The minimum absolute atomic E-state index is 0.00186. The lowest BCUT2D eigenvalue weighted by Crippen LogP contribution is -2.60. The largest absolute Gasteiger partial charge is 0.480 e.